The lowest BCUT2D eigenvalue weighted by Gasteiger charge is -2.33. The smallest absolute Gasteiger partial charge is 0.128 e. The molecule has 0 bridgehead atoms. The summed E-state index contributed by atoms with van der Waals surface area (Å²) in [5.74, 6) is -0.193. The van der Waals surface area contributed by atoms with Crippen molar-refractivity contribution in [3.63, 3.8) is 0 Å². The third-order valence-electron chi connectivity index (χ3n) is 3.82. The number of aryl methyl sites for hydroxylation is 2. The maximum atomic E-state index is 14.2. The Balaban J connectivity index is 2.42. The van der Waals surface area contributed by atoms with Gasteiger partial charge in [0.1, 0.15) is 5.82 Å². The maximum Gasteiger partial charge on any atom is 0.128 e. The molecule has 0 amide bonds. The minimum absolute atomic E-state index is 0.155. The van der Waals surface area contributed by atoms with Crippen LogP contribution in [0.5, 0.6) is 0 Å². The van der Waals surface area contributed by atoms with E-state index in [1.54, 1.807) is 6.07 Å². The van der Waals surface area contributed by atoms with Crippen molar-refractivity contribution in [1.29, 1.82) is 0 Å². The molecule has 0 aliphatic heterocycles. The number of hydrogen-bond donors (Lipinski definition) is 1. The summed E-state index contributed by atoms with van der Waals surface area (Å²) in [5, 5.41) is 0. The van der Waals surface area contributed by atoms with Crippen molar-refractivity contribution in [2.75, 3.05) is 18.0 Å². The molecule has 0 aliphatic rings. The highest BCUT2D eigenvalue weighted by Crippen LogP contribution is 2.28. The van der Waals surface area contributed by atoms with Gasteiger partial charge in [0.2, 0.25) is 0 Å². The molecule has 0 heterocycles. The second kappa shape index (κ2) is 6.72. The first-order valence-electron chi connectivity index (χ1n) is 7.36. The summed E-state index contributed by atoms with van der Waals surface area (Å²) in [5.41, 5.74) is 9.95. The normalized spacial score (nSPS) is 12.2. The van der Waals surface area contributed by atoms with Gasteiger partial charge in [-0.2, -0.15) is 0 Å². The summed E-state index contributed by atoms with van der Waals surface area (Å²) in [6.45, 7) is 7.25. The zero-order valence-electron chi connectivity index (χ0n) is 12.9. The number of halogens is 1. The number of rotatable bonds is 5. The number of likely N-dealkylation sites (N-methyl/N-ethyl adjacent to an activating group) is 1. The van der Waals surface area contributed by atoms with Crippen LogP contribution in [-0.4, -0.2) is 13.1 Å². The molecule has 21 heavy (non-hydrogen) atoms. The predicted octanol–water partition coefficient (Wildman–Crippen LogP) is 3.97. The minimum Gasteiger partial charge on any atom is -0.363 e. The van der Waals surface area contributed by atoms with Gasteiger partial charge in [0, 0.05) is 24.3 Å². The topological polar surface area (TPSA) is 29.3 Å². The Labute approximate surface area is 126 Å². The quantitative estimate of drug-likeness (QED) is 0.901. The van der Waals surface area contributed by atoms with Gasteiger partial charge in [-0.15, -0.1) is 0 Å². The van der Waals surface area contributed by atoms with Crippen molar-refractivity contribution in [3.8, 4) is 0 Å². The van der Waals surface area contributed by atoms with E-state index >= 15 is 0 Å². The van der Waals surface area contributed by atoms with Gasteiger partial charge in [-0.05, 0) is 39.0 Å². The fraction of sp³-hybridized carbons (Fsp3) is 0.333. The maximum absolute atomic E-state index is 14.2. The van der Waals surface area contributed by atoms with E-state index in [4.69, 9.17) is 5.73 Å². The Morgan fingerprint density at radius 1 is 1.05 bits per heavy atom. The largest absolute Gasteiger partial charge is 0.363 e. The van der Waals surface area contributed by atoms with E-state index in [0.717, 1.165) is 17.8 Å². The number of anilines is 1. The van der Waals surface area contributed by atoms with Crippen molar-refractivity contribution in [1.82, 2.24) is 0 Å². The van der Waals surface area contributed by atoms with Gasteiger partial charge in [-0.3, -0.25) is 0 Å². The lowest BCUT2D eigenvalue weighted by atomic mass is 10.0. The molecule has 1 atom stereocenters. The Hall–Kier alpha value is -1.87. The van der Waals surface area contributed by atoms with Crippen LogP contribution in [0.4, 0.5) is 10.1 Å². The van der Waals surface area contributed by atoms with Gasteiger partial charge in [-0.1, -0.05) is 35.4 Å². The molecule has 0 saturated heterocycles. The molecule has 112 valence electrons. The number of nitrogens with zero attached hydrogens (tertiary/aromatic N) is 1. The number of nitrogens with two attached hydrogens (primary N) is 1. The van der Waals surface area contributed by atoms with Gasteiger partial charge in [-0.25, -0.2) is 4.39 Å². The van der Waals surface area contributed by atoms with Crippen LogP contribution in [0.2, 0.25) is 0 Å². The summed E-state index contributed by atoms with van der Waals surface area (Å²) < 4.78 is 14.2. The molecule has 2 rings (SSSR count). The minimum atomic E-state index is -0.193. The van der Waals surface area contributed by atoms with Crippen LogP contribution in [0.25, 0.3) is 0 Å². The fourth-order valence-electron chi connectivity index (χ4n) is 2.66. The summed E-state index contributed by atoms with van der Waals surface area (Å²) >= 11 is 0. The highest BCUT2D eigenvalue weighted by molar-refractivity contribution is 5.50. The molecule has 0 aliphatic carbocycles. The lowest BCUT2D eigenvalue weighted by Crippen LogP contribution is -2.34. The molecular formula is C18H23FN2. The number of hydrogen-bond acceptors (Lipinski definition) is 2. The molecule has 0 radical (unpaired) electrons. The van der Waals surface area contributed by atoms with Crippen LogP contribution < -0.4 is 10.6 Å². The third-order valence-corrected chi connectivity index (χ3v) is 3.82. The van der Waals surface area contributed by atoms with Crippen LogP contribution >= 0.6 is 0 Å². The van der Waals surface area contributed by atoms with Crippen LogP contribution in [-0.2, 0) is 0 Å². The molecule has 0 fully saturated rings. The van der Waals surface area contributed by atoms with Gasteiger partial charge >= 0.3 is 0 Å². The summed E-state index contributed by atoms with van der Waals surface area (Å²) in [6.07, 6.45) is 0. The third kappa shape index (κ3) is 3.42. The molecule has 2 aromatic carbocycles. The van der Waals surface area contributed by atoms with E-state index in [2.05, 4.69) is 43.0 Å². The van der Waals surface area contributed by atoms with E-state index in [1.165, 1.54) is 11.6 Å². The summed E-state index contributed by atoms with van der Waals surface area (Å²) in [4.78, 5) is 2.15. The summed E-state index contributed by atoms with van der Waals surface area (Å²) in [6, 6.07) is 13.3. The Morgan fingerprint density at radius 2 is 1.67 bits per heavy atom. The van der Waals surface area contributed by atoms with Gasteiger partial charge in [0.15, 0.2) is 0 Å². The molecule has 3 heteroatoms. The van der Waals surface area contributed by atoms with Crippen molar-refractivity contribution in [2.24, 2.45) is 5.73 Å². The van der Waals surface area contributed by atoms with Crippen molar-refractivity contribution >= 4 is 5.69 Å². The first kappa shape index (κ1) is 15.5. The van der Waals surface area contributed by atoms with Gasteiger partial charge in [0.25, 0.3) is 0 Å². The zero-order chi connectivity index (χ0) is 15.4. The SMILES string of the molecule is CCN(c1ccc(C)cc1)C(CN)c1cc(C)ccc1F. The van der Waals surface area contributed by atoms with E-state index in [-0.39, 0.29) is 11.9 Å². The molecule has 2 nitrogen and oxygen atoms in total. The monoisotopic (exact) mass is 286 g/mol. The number of benzene rings is 2. The second-order valence-electron chi connectivity index (χ2n) is 5.40. The molecule has 2 aromatic rings. The second-order valence-corrected chi connectivity index (χ2v) is 5.40. The molecule has 1 unspecified atom stereocenters. The average molecular weight is 286 g/mol. The first-order chi connectivity index (χ1) is 10.1. The molecule has 0 spiro atoms. The van der Waals surface area contributed by atoms with E-state index < -0.39 is 0 Å². The Kier molecular flexibility index (Phi) is 4.97. The standard InChI is InChI=1S/C18H23FN2/c1-4-21(15-8-5-13(2)6-9-15)18(12-20)16-11-14(3)7-10-17(16)19/h5-11,18H,4,12,20H2,1-3H3. The molecule has 0 aromatic heterocycles. The van der Waals surface area contributed by atoms with Crippen molar-refractivity contribution in [2.45, 2.75) is 26.8 Å². The van der Waals surface area contributed by atoms with E-state index in [9.17, 15) is 4.39 Å². The van der Waals surface area contributed by atoms with Crippen molar-refractivity contribution in [3.05, 3.63) is 65.0 Å². The van der Waals surface area contributed by atoms with Crippen LogP contribution in [0, 0.1) is 19.7 Å². The molecular weight excluding hydrogens is 263 g/mol. The molecule has 0 saturated carbocycles. The lowest BCUT2D eigenvalue weighted by molar-refractivity contribution is 0.561. The van der Waals surface area contributed by atoms with Crippen molar-refractivity contribution < 1.29 is 4.39 Å². The first-order valence-corrected chi connectivity index (χ1v) is 7.36. The van der Waals surface area contributed by atoms with E-state index in [1.807, 2.05) is 13.0 Å². The van der Waals surface area contributed by atoms with Crippen LogP contribution in [0.1, 0.15) is 29.7 Å². The highest BCUT2D eigenvalue weighted by atomic mass is 19.1. The van der Waals surface area contributed by atoms with Crippen LogP contribution in [0.15, 0.2) is 42.5 Å². The average Bonchev–Trinajstić information content (AvgIpc) is 2.49. The molecule has 2 N–H and O–H groups in total. The summed E-state index contributed by atoms with van der Waals surface area (Å²) in [7, 11) is 0. The highest BCUT2D eigenvalue weighted by Gasteiger charge is 2.21. The Bertz CT molecular complexity index is 593. The van der Waals surface area contributed by atoms with Crippen LogP contribution in [0.3, 0.4) is 0 Å². The zero-order valence-corrected chi connectivity index (χ0v) is 12.9. The van der Waals surface area contributed by atoms with Gasteiger partial charge in [0.05, 0.1) is 6.04 Å². The van der Waals surface area contributed by atoms with E-state index in [0.29, 0.717) is 12.1 Å². The van der Waals surface area contributed by atoms with Gasteiger partial charge < -0.3 is 10.6 Å². The predicted molar refractivity (Wildman–Crippen MR) is 87.1 cm³/mol. The fourth-order valence-corrected chi connectivity index (χ4v) is 2.66. The Morgan fingerprint density at radius 3 is 2.24 bits per heavy atom.